The Morgan fingerprint density at radius 3 is 2.76 bits per heavy atom. The van der Waals surface area contributed by atoms with Crippen LogP contribution in [0.5, 0.6) is 5.75 Å². The first-order valence-corrected chi connectivity index (χ1v) is 6.26. The van der Waals surface area contributed by atoms with E-state index in [9.17, 15) is 0 Å². The lowest BCUT2D eigenvalue weighted by Gasteiger charge is -2.03. The summed E-state index contributed by atoms with van der Waals surface area (Å²) in [6, 6.07) is 5.48. The molecule has 0 radical (unpaired) electrons. The van der Waals surface area contributed by atoms with Gasteiger partial charge in [0.25, 0.3) is 0 Å². The average Bonchev–Trinajstić information content (AvgIpc) is 2.70. The molecular formula is C12H12ClNO2S. The Morgan fingerprint density at radius 1 is 1.47 bits per heavy atom. The predicted octanol–water partition coefficient (Wildman–Crippen LogP) is 3.27. The van der Waals surface area contributed by atoms with Crippen LogP contribution in [0.25, 0.3) is 10.6 Å². The van der Waals surface area contributed by atoms with Gasteiger partial charge in [-0.05, 0) is 25.1 Å². The van der Waals surface area contributed by atoms with Crippen molar-refractivity contribution in [2.75, 3.05) is 7.11 Å². The van der Waals surface area contributed by atoms with Gasteiger partial charge in [-0.3, -0.25) is 0 Å². The summed E-state index contributed by atoms with van der Waals surface area (Å²) in [6.45, 7) is 1.89. The van der Waals surface area contributed by atoms with Gasteiger partial charge in [-0.15, -0.1) is 11.3 Å². The minimum Gasteiger partial charge on any atom is -0.497 e. The summed E-state index contributed by atoms with van der Waals surface area (Å²) in [7, 11) is 1.60. The second kappa shape index (κ2) is 5.04. The molecule has 0 aliphatic carbocycles. The zero-order valence-electron chi connectivity index (χ0n) is 9.53. The number of benzene rings is 1. The van der Waals surface area contributed by atoms with Gasteiger partial charge >= 0.3 is 0 Å². The van der Waals surface area contributed by atoms with Crippen LogP contribution in [0.15, 0.2) is 18.2 Å². The topological polar surface area (TPSA) is 42.4 Å². The maximum absolute atomic E-state index is 9.15. The molecule has 0 saturated heterocycles. The van der Waals surface area contributed by atoms with E-state index in [-0.39, 0.29) is 6.61 Å². The Morgan fingerprint density at radius 2 is 2.24 bits per heavy atom. The first kappa shape index (κ1) is 12.4. The van der Waals surface area contributed by atoms with Crippen LogP contribution in [-0.2, 0) is 6.61 Å². The Hall–Kier alpha value is -1.10. The van der Waals surface area contributed by atoms with Crippen LogP contribution in [0.4, 0.5) is 0 Å². The largest absolute Gasteiger partial charge is 0.497 e. The summed E-state index contributed by atoms with van der Waals surface area (Å²) >= 11 is 7.63. The van der Waals surface area contributed by atoms with Crippen LogP contribution < -0.4 is 4.74 Å². The van der Waals surface area contributed by atoms with Crippen LogP contribution >= 0.6 is 22.9 Å². The van der Waals surface area contributed by atoms with Gasteiger partial charge in [-0.2, -0.15) is 0 Å². The molecule has 0 aliphatic rings. The highest BCUT2D eigenvalue weighted by Crippen LogP contribution is 2.34. The Labute approximate surface area is 109 Å². The zero-order chi connectivity index (χ0) is 12.4. The quantitative estimate of drug-likeness (QED) is 0.930. The van der Waals surface area contributed by atoms with Crippen molar-refractivity contribution in [3.63, 3.8) is 0 Å². The minimum atomic E-state index is 0.0112. The average molecular weight is 270 g/mol. The molecule has 0 amide bonds. The van der Waals surface area contributed by atoms with Crippen molar-refractivity contribution in [3.8, 4) is 16.3 Å². The molecular weight excluding hydrogens is 258 g/mol. The Balaban J connectivity index is 2.45. The number of aliphatic hydroxyl groups excluding tert-OH is 1. The molecule has 90 valence electrons. The van der Waals surface area contributed by atoms with E-state index in [0.717, 1.165) is 26.9 Å². The molecule has 1 heterocycles. The lowest BCUT2D eigenvalue weighted by molar-refractivity contribution is 0.284. The molecule has 3 nitrogen and oxygen atoms in total. The number of hydrogen-bond acceptors (Lipinski definition) is 4. The maximum atomic E-state index is 9.15. The van der Waals surface area contributed by atoms with Crippen molar-refractivity contribution >= 4 is 22.9 Å². The van der Waals surface area contributed by atoms with E-state index < -0.39 is 0 Å². The van der Waals surface area contributed by atoms with E-state index >= 15 is 0 Å². The molecule has 0 atom stereocenters. The van der Waals surface area contributed by atoms with Gasteiger partial charge in [0.15, 0.2) is 0 Å². The molecule has 1 aromatic heterocycles. The molecule has 0 saturated carbocycles. The third-order valence-corrected chi connectivity index (χ3v) is 3.93. The van der Waals surface area contributed by atoms with E-state index in [4.69, 9.17) is 21.4 Å². The molecule has 0 unspecified atom stereocenters. The van der Waals surface area contributed by atoms with E-state index in [1.165, 1.54) is 11.3 Å². The number of hydrogen-bond donors (Lipinski definition) is 1. The monoisotopic (exact) mass is 269 g/mol. The molecule has 0 bridgehead atoms. The molecule has 1 N–H and O–H groups in total. The lowest BCUT2D eigenvalue weighted by Crippen LogP contribution is -1.84. The van der Waals surface area contributed by atoms with E-state index in [1.54, 1.807) is 13.2 Å². The highest BCUT2D eigenvalue weighted by Gasteiger charge is 2.12. The summed E-state index contributed by atoms with van der Waals surface area (Å²) in [4.78, 5) is 5.27. The van der Waals surface area contributed by atoms with Crippen molar-refractivity contribution < 1.29 is 9.84 Å². The first-order chi connectivity index (χ1) is 8.15. The van der Waals surface area contributed by atoms with E-state index in [1.807, 2.05) is 19.1 Å². The predicted molar refractivity (Wildman–Crippen MR) is 69.8 cm³/mol. The fraction of sp³-hybridized carbons (Fsp3) is 0.250. The van der Waals surface area contributed by atoms with E-state index in [0.29, 0.717) is 5.02 Å². The van der Waals surface area contributed by atoms with Gasteiger partial charge in [0, 0.05) is 5.56 Å². The van der Waals surface area contributed by atoms with Crippen LogP contribution in [0.1, 0.15) is 10.6 Å². The van der Waals surface area contributed by atoms with Gasteiger partial charge in [0.05, 0.1) is 29.3 Å². The summed E-state index contributed by atoms with van der Waals surface area (Å²) in [6.07, 6.45) is 0. The van der Waals surface area contributed by atoms with E-state index in [2.05, 4.69) is 4.98 Å². The highest BCUT2D eigenvalue weighted by atomic mass is 35.5. The van der Waals surface area contributed by atoms with Crippen molar-refractivity contribution in [3.05, 3.63) is 33.8 Å². The number of methoxy groups -OCH3 is 1. The number of nitrogens with zero attached hydrogens (tertiary/aromatic N) is 1. The van der Waals surface area contributed by atoms with Crippen LogP contribution in [-0.4, -0.2) is 17.2 Å². The third-order valence-electron chi connectivity index (χ3n) is 2.44. The zero-order valence-corrected chi connectivity index (χ0v) is 11.1. The van der Waals surface area contributed by atoms with Gasteiger partial charge in [0.1, 0.15) is 10.8 Å². The van der Waals surface area contributed by atoms with Crippen molar-refractivity contribution in [2.45, 2.75) is 13.5 Å². The molecule has 0 fully saturated rings. The van der Waals surface area contributed by atoms with Crippen LogP contribution in [0.2, 0.25) is 5.02 Å². The molecule has 2 rings (SSSR count). The SMILES string of the molecule is COc1ccc(-c2nc(C)c(CO)s2)c(Cl)c1. The second-order valence-corrected chi connectivity index (χ2v) is 5.02. The highest BCUT2D eigenvalue weighted by molar-refractivity contribution is 7.15. The molecule has 0 spiro atoms. The van der Waals surface area contributed by atoms with Crippen LogP contribution in [0.3, 0.4) is 0 Å². The number of ether oxygens (including phenoxy) is 1. The fourth-order valence-electron chi connectivity index (χ4n) is 1.49. The van der Waals surface area contributed by atoms with Crippen molar-refractivity contribution in [2.24, 2.45) is 0 Å². The van der Waals surface area contributed by atoms with Crippen molar-refractivity contribution in [1.29, 1.82) is 0 Å². The molecule has 0 aliphatic heterocycles. The Kier molecular flexibility index (Phi) is 3.66. The number of halogens is 1. The number of aryl methyl sites for hydroxylation is 1. The second-order valence-electron chi connectivity index (χ2n) is 3.53. The number of thiazole rings is 1. The third kappa shape index (κ3) is 2.44. The van der Waals surface area contributed by atoms with Gasteiger partial charge in [0.2, 0.25) is 0 Å². The molecule has 17 heavy (non-hydrogen) atoms. The molecule has 5 heteroatoms. The fourth-order valence-corrected chi connectivity index (χ4v) is 2.76. The lowest BCUT2D eigenvalue weighted by atomic mass is 10.2. The standard InChI is InChI=1S/C12H12ClNO2S/c1-7-11(6-15)17-12(14-7)9-4-3-8(16-2)5-10(9)13/h3-5,15H,6H2,1-2H3. The summed E-state index contributed by atoms with van der Waals surface area (Å²) in [5.41, 5.74) is 1.71. The van der Waals surface area contributed by atoms with Gasteiger partial charge in [-0.25, -0.2) is 4.98 Å². The summed E-state index contributed by atoms with van der Waals surface area (Å²) in [5, 5.41) is 10.6. The number of rotatable bonds is 3. The number of aromatic nitrogens is 1. The normalized spacial score (nSPS) is 10.6. The number of aliphatic hydroxyl groups is 1. The first-order valence-electron chi connectivity index (χ1n) is 5.06. The molecule has 2 aromatic rings. The smallest absolute Gasteiger partial charge is 0.125 e. The van der Waals surface area contributed by atoms with Gasteiger partial charge < -0.3 is 9.84 Å². The summed E-state index contributed by atoms with van der Waals surface area (Å²) < 4.78 is 5.09. The van der Waals surface area contributed by atoms with Crippen LogP contribution in [0, 0.1) is 6.92 Å². The summed E-state index contributed by atoms with van der Waals surface area (Å²) in [5.74, 6) is 0.717. The maximum Gasteiger partial charge on any atom is 0.125 e. The van der Waals surface area contributed by atoms with Crippen molar-refractivity contribution in [1.82, 2.24) is 4.98 Å². The Bertz CT molecular complexity index is 539. The molecule has 1 aromatic carbocycles. The van der Waals surface area contributed by atoms with Gasteiger partial charge in [-0.1, -0.05) is 11.6 Å². The minimum absolute atomic E-state index is 0.0112.